The first-order valence-electron chi connectivity index (χ1n) is 12.6. The summed E-state index contributed by atoms with van der Waals surface area (Å²) in [6, 6.07) is 11.5. The second-order valence-corrected chi connectivity index (χ2v) is 10.1. The number of benzene rings is 2. The Labute approximate surface area is 217 Å². The zero-order valence-electron chi connectivity index (χ0n) is 20.8. The van der Waals surface area contributed by atoms with Gasteiger partial charge in [-0.1, -0.05) is 43.1 Å². The van der Waals surface area contributed by atoms with Crippen molar-refractivity contribution in [3.8, 4) is 5.75 Å². The number of carboxylic acid groups (broad SMARTS) is 1. The number of hydrogen-bond donors (Lipinski definition) is 1. The summed E-state index contributed by atoms with van der Waals surface area (Å²) in [6.45, 7) is 6.02. The van der Waals surface area contributed by atoms with E-state index >= 15 is 0 Å². The molecule has 1 saturated heterocycles. The van der Waals surface area contributed by atoms with Gasteiger partial charge < -0.3 is 9.84 Å². The van der Waals surface area contributed by atoms with Crippen molar-refractivity contribution in [3.63, 3.8) is 0 Å². The number of amides is 2. The minimum Gasteiger partial charge on any atom is -0.491 e. The summed E-state index contributed by atoms with van der Waals surface area (Å²) in [6.07, 6.45) is 3.03. The lowest BCUT2D eigenvalue weighted by Crippen LogP contribution is -2.35. The molecule has 2 aromatic rings. The van der Waals surface area contributed by atoms with E-state index in [2.05, 4.69) is 17.9 Å². The number of aryl methyl sites for hydroxylation is 1. The zero-order chi connectivity index (χ0) is 25.8. The van der Waals surface area contributed by atoms with Crippen LogP contribution in [-0.2, 0) is 27.3 Å². The molecule has 7 nitrogen and oxygen atoms in total. The fourth-order valence-electron chi connectivity index (χ4n) is 5.28. The van der Waals surface area contributed by atoms with E-state index < -0.39 is 11.9 Å². The molecule has 2 amide bonds. The number of carbonyl (C=O) groups excluding carboxylic acids is 2. The van der Waals surface area contributed by atoms with E-state index in [9.17, 15) is 19.5 Å². The summed E-state index contributed by atoms with van der Waals surface area (Å²) in [5.41, 5.74) is 4.09. The van der Waals surface area contributed by atoms with Crippen molar-refractivity contribution in [1.29, 1.82) is 0 Å². The Morgan fingerprint density at radius 3 is 2.58 bits per heavy atom. The highest BCUT2D eigenvalue weighted by atomic mass is 35.5. The third-order valence-electron chi connectivity index (χ3n) is 7.11. The lowest BCUT2D eigenvalue weighted by Gasteiger charge is -2.32. The molecular weight excluding hydrogens is 480 g/mol. The molecule has 8 heteroatoms. The number of halogens is 1. The standard InChI is InChI=1S/C28H33ClN2O5/c1-3-4-11-30(27-22-7-6-21(29)15-20(22)16-23(27)28(34)35)17-19-5-8-24(18(2)14-19)36-13-12-31-25(32)9-10-26(31)33/h5-8,14-15,23,27H,3-4,9-13,16-17H2,1-2H3,(H,34,35). The number of fused-ring (bicyclic) bond motifs is 1. The minimum atomic E-state index is -0.788. The largest absolute Gasteiger partial charge is 0.491 e. The number of carboxylic acids is 1. The zero-order valence-corrected chi connectivity index (χ0v) is 21.6. The van der Waals surface area contributed by atoms with Gasteiger partial charge in [0.15, 0.2) is 0 Å². The number of aliphatic carboxylic acids is 1. The minimum absolute atomic E-state index is 0.140. The molecule has 36 heavy (non-hydrogen) atoms. The third kappa shape index (κ3) is 5.73. The fraction of sp³-hybridized carbons (Fsp3) is 0.464. The summed E-state index contributed by atoms with van der Waals surface area (Å²) in [4.78, 5) is 39.3. The molecule has 1 N–H and O–H groups in total. The number of imide groups is 1. The number of nitrogens with zero attached hydrogens (tertiary/aromatic N) is 2. The first-order chi connectivity index (χ1) is 17.3. The van der Waals surface area contributed by atoms with Gasteiger partial charge in [-0.15, -0.1) is 0 Å². The first kappa shape index (κ1) is 26.2. The molecule has 0 spiro atoms. The van der Waals surface area contributed by atoms with Crippen molar-refractivity contribution < 1.29 is 24.2 Å². The van der Waals surface area contributed by atoms with Crippen LogP contribution in [0.5, 0.6) is 5.75 Å². The smallest absolute Gasteiger partial charge is 0.308 e. The summed E-state index contributed by atoms with van der Waals surface area (Å²) < 4.78 is 5.88. The highest BCUT2D eigenvalue weighted by Crippen LogP contribution is 2.42. The van der Waals surface area contributed by atoms with E-state index in [4.69, 9.17) is 16.3 Å². The lowest BCUT2D eigenvalue weighted by atomic mass is 9.97. The molecule has 0 saturated carbocycles. The van der Waals surface area contributed by atoms with Crippen molar-refractivity contribution in [1.82, 2.24) is 9.80 Å². The second kappa shape index (κ2) is 11.4. The van der Waals surface area contributed by atoms with Crippen LogP contribution in [0.2, 0.25) is 5.02 Å². The molecule has 1 aliphatic heterocycles. The quantitative estimate of drug-likeness (QED) is 0.436. The Kier molecular flexibility index (Phi) is 8.32. The normalized spacial score (nSPS) is 19.3. The van der Waals surface area contributed by atoms with Crippen molar-refractivity contribution in [2.24, 2.45) is 5.92 Å². The summed E-state index contributed by atoms with van der Waals surface area (Å²) in [7, 11) is 0. The number of unbranched alkanes of at least 4 members (excludes halogenated alkanes) is 1. The average molecular weight is 513 g/mol. The molecule has 2 aliphatic rings. The molecule has 2 unspecified atom stereocenters. The van der Waals surface area contributed by atoms with Crippen LogP contribution < -0.4 is 4.74 Å². The first-order valence-corrected chi connectivity index (χ1v) is 13.0. The third-order valence-corrected chi connectivity index (χ3v) is 7.34. The maximum absolute atomic E-state index is 12.2. The molecule has 1 aliphatic carbocycles. The molecule has 192 valence electrons. The molecule has 0 aromatic heterocycles. The van der Waals surface area contributed by atoms with Crippen molar-refractivity contribution in [2.75, 3.05) is 19.7 Å². The molecule has 2 aromatic carbocycles. The molecule has 0 bridgehead atoms. The summed E-state index contributed by atoms with van der Waals surface area (Å²) in [5, 5.41) is 10.6. The van der Waals surface area contributed by atoms with Gasteiger partial charge >= 0.3 is 5.97 Å². The molecule has 1 fully saturated rings. The Hall–Kier alpha value is -2.90. The van der Waals surface area contributed by atoms with Gasteiger partial charge in [-0.05, 0) is 66.8 Å². The number of rotatable bonds is 11. The van der Waals surface area contributed by atoms with Gasteiger partial charge in [-0.3, -0.25) is 24.2 Å². The fourth-order valence-corrected chi connectivity index (χ4v) is 5.48. The van der Waals surface area contributed by atoms with Crippen LogP contribution in [0.3, 0.4) is 0 Å². The summed E-state index contributed by atoms with van der Waals surface area (Å²) in [5.74, 6) is -0.877. The van der Waals surface area contributed by atoms with E-state index in [1.807, 2.05) is 37.3 Å². The van der Waals surface area contributed by atoms with Gasteiger partial charge in [-0.25, -0.2) is 0 Å². The van der Waals surface area contributed by atoms with E-state index in [1.54, 1.807) is 0 Å². The number of hydrogen-bond acceptors (Lipinski definition) is 5. The monoisotopic (exact) mass is 512 g/mol. The Morgan fingerprint density at radius 2 is 1.92 bits per heavy atom. The maximum atomic E-state index is 12.2. The van der Waals surface area contributed by atoms with Crippen LogP contribution in [0, 0.1) is 12.8 Å². The van der Waals surface area contributed by atoms with E-state index in [1.165, 1.54) is 4.90 Å². The Morgan fingerprint density at radius 1 is 1.17 bits per heavy atom. The van der Waals surface area contributed by atoms with Crippen molar-refractivity contribution in [2.45, 2.75) is 58.5 Å². The van der Waals surface area contributed by atoms with Crippen molar-refractivity contribution >= 4 is 29.4 Å². The Balaban J connectivity index is 1.48. The summed E-state index contributed by atoms with van der Waals surface area (Å²) >= 11 is 6.20. The van der Waals surface area contributed by atoms with Gasteiger partial charge in [0.25, 0.3) is 0 Å². The van der Waals surface area contributed by atoms with Gasteiger partial charge in [0.1, 0.15) is 12.4 Å². The van der Waals surface area contributed by atoms with Gasteiger partial charge in [0.05, 0.1) is 12.5 Å². The lowest BCUT2D eigenvalue weighted by molar-refractivity contribution is -0.144. The van der Waals surface area contributed by atoms with Crippen LogP contribution in [0.1, 0.15) is 60.9 Å². The van der Waals surface area contributed by atoms with Crippen LogP contribution >= 0.6 is 11.6 Å². The van der Waals surface area contributed by atoms with E-state index in [-0.39, 0.29) is 43.8 Å². The predicted molar refractivity (Wildman–Crippen MR) is 137 cm³/mol. The van der Waals surface area contributed by atoms with Crippen LogP contribution in [0.25, 0.3) is 0 Å². The highest BCUT2D eigenvalue weighted by molar-refractivity contribution is 6.30. The van der Waals surface area contributed by atoms with Crippen LogP contribution in [0.15, 0.2) is 36.4 Å². The Bertz CT molecular complexity index is 1130. The SMILES string of the molecule is CCCCN(Cc1ccc(OCCN2C(=O)CCC2=O)c(C)c1)C1c2ccc(Cl)cc2CC1C(=O)O. The molecule has 0 radical (unpaired) electrons. The van der Waals surface area contributed by atoms with E-state index in [0.717, 1.165) is 41.6 Å². The van der Waals surface area contributed by atoms with Crippen LogP contribution in [-0.4, -0.2) is 52.4 Å². The maximum Gasteiger partial charge on any atom is 0.308 e. The molecule has 1 heterocycles. The molecular formula is C28H33ClN2O5. The van der Waals surface area contributed by atoms with Crippen molar-refractivity contribution in [3.05, 3.63) is 63.7 Å². The average Bonchev–Trinajstić information content (AvgIpc) is 3.37. The van der Waals surface area contributed by atoms with Gasteiger partial charge in [-0.2, -0.15) is 0 Å². The number of likely N-dealkylation sites (tertiary alicyclic amines) is 1. The van der Waals surface area contributed by atoms with Gasteiger partial charge in [0, 0.05) is 30.5 Å². The highest BCUT2D eigenvalue weighted by Gasteiger charge is 2.40. The number of carbonyl (C=O) groups is 3. The predicted octanol–water partition coefficient (Wildman–Crippen LogP) is 4.78. The topological polar surface area (TPSA) is 87.2 Å². The second-order valence-electron chi connectivity index (χ2n) is 9.65. The van der Waals surface area contributed by atoms with E-state index in [0.29, 0.717) is 23.7 Å². The molecule has 4 rings (SSSR count). The van der Waals surface area contributed by atoms with Gasteiger partial charge in [0.2, 0.25) is 11.8 Å². The number of ether oxygens (including phenoxy) is 1. The van der Waals surface area contributed by atoms with Crippen LogP contribution in [0.4, 0.5) is 0 Å². The molecule has 2 atom stereocenters.